The normalized spacial score (nSPS) is 11.7. The van der Waals surface area contributed by atoms with E-state index in [1.807, 2.05) is 18.2 Å². The first-order valence-corrected chi connectivity index (χ1v) is 14.3. The van der Waals surface area contributed by atoms with Crippen LogP contribution in [0.4, 0.5) is 5.13 Å². The molecule has 0 unspecified atom stereocenters. The van der Waals surface area contributed by atoms with E-state index < -0.39 is 16.0 Å². The number of halogens is 1. The standard InChI is InChI=1S/C23H26ClN3O5S3/c1-15-22(34-23(25-15)26-16(2)28)35(31,32)27(12-4-7-17-6-3-8-18(24)14-17)13-5-9-19-10-11-20(33-19)21(29)30/h3,6,8,10-11,14H,4-5,7,9,12-13H2,1-2H3,(H,29,30)(H,25,26,28). The van der Waals surface area contributed by atoms with Crippen LogP contribution in [0.5, 0.6) is 0 Å². The number of carbonyl (C=O) groups excluding carboxylic acids is 1. The molecule has 0 aliphatic carbocycles. The highest BCUT2D eigenvalue weighted by Gasteiger charge is 2.29. The number of amides is 1. The van der Waals surface area contributed by atoms with Gasteiger partial charge in [0.05, 0.1) is 5.69 Å². The van der Waals surface area contributed by atoms with Gasteiger partial charge < -0.3 is 10.4 Å². The van der Waals surface area contributed by atoms with E-state index in [1.165, 1.54) is 22.6 Å². The van der Waals surface area contributed by atoms with Crippen LogP contribution in [-0.2, 0) is 27.7 Å². The Bertz CT molecular complexity index is 1300. The first-order valence-electron chi connectivity index (χ1n) is 10.9. The minimum absolute atomic E-state index is 0.105. The third kappa shape index (κ3) is 7.58. The van der Waals surface area contributed by atoms with Gasteiger partial charge in [-0.15, -0.1) is 11.3 Å². The van der Waals surface area contributed by atoms with Gasteiger partial charge in [0.2, 0.25) is 5.91 Å². The van der Waals surface area contributed by atoms with Crippen molar-refractivity contribution >= 4 is 61.3 Å². The molecule has 1 aromatic carbocycles. The molecule has 8 nitrogen and oxygen atoms in total. The smallest absolute Gasteiger partial charge is 0.345 e. The Balaban J connectivity index is 1.75. The number of carbonyl (C=O) groups is 2. The highest BCUT2D eigenvalue weighted by atomic mass is 35.5. The quantitative estimate of drug-likeness (QED) is 0.322. The summed E-state index contributed by atoms with van der Waals surface area (Å²) in [7, 11) is -3.85. The molecule has 3 aromatic rings. The largest absolute Gasteiger partial charge is 0.477 e. The molecular formula is C23H26ClN3O5S3. The minimum atomic E-state index is -3.85. The minimum Gasteiger partial charge on any atom is -0.477 e. The summed E-state index contributed by atoms with van der Waals surface area (Å²) in [6, 6.07) is 10.8. The summed E-state index contributed by atoms with van der Waals surface area (Å²) in [5.41, 5.74) is 1.36. The predicted molar refractivity (Wildman–Crippen MR) is 139 cm³/mol. The maximum atomic E-state index is 13.6. The third-order valence-corrected chi connectivity index (χ3v) is 10.0. The fourth-order valence-electron chi connectivity index (χ4n) is 3.50. The summed E-state index contributed by atoms with van der Waals surface area (Å²) in [5.74, 6) is -1.29. The number of anilines is 1. The number of thiazole rings is 1. The van der Waals surface area contributed by atoms with E-state index >= 15 is 0 Å². The molecule has 12 heteroatoms. The molecular weight excluding hydrogens is 530 g/mol. The zero-order valence-corrected chi connectivity index (χ0v) is 22.5. The second kappa shape index (κ2) is 12.1. The van der Waals surface area contributed by atoms with Gasteiger partial charge in [0.15, 0.2) is 9.34 Å². The number of carboxylic acid groups (broad SMARTS) is 1. The van der Waals surface area contributed by atoms with E-state index in [-0.39, 0.29) is 26.7 Å². The SMILES string of the molecule is CC(=O)Nc1nc(C)c(S(=O)(=O)N(CCCc2cccc(Cl)c2)CCCc2ccc(C(=O)O)s2)s1. The van der Waals surface area contributed by atoms with Crippen LogP contribution >= 0.6 is 34.3 Å². The highest BCUT2D eigenvalue weighted by molar-refractivity contribution is 7.91. The Hall–Kier alpha value is -2.31. The van der Waals surface area contributed by atoms with Crippen molar-refractivity contribution in [2.75, 3.05) is 18.4 Å². The lowest BCUT2D eigenvalue weighted by molar-refractivity contribution is -0.114. The molecule has 2 N–H and O–H groups in total. The number of thiophene rings is 1. The summed E-state index contributed by atoms with van der Waals surface area (Å²) < 4.78 is 28.7. The maximum Gasteiger partial charge on any atom is 0.345 e. The molecule has 2 heterocycles. The summed E-state index contributed by atoms with van der Waals surface area (Å²) in [6.45, 7) is 3.52. The number of nitrogens with one attached hydrogen (secondary N) is 1. The Labute approximate surface area is 217 Å². The van der Waals surface area contributed by atoms with Gasteiger partial charge in [-0.2, -0.15) is 4.31 Å². The molecule has 0 radical (unpaired) electrons. The van der Waals surface area contributed by atoms with Gasteiger partial charge >= 0.3 is 5.97 Å². The Morgan fingerprint density at radius 1 is 1.11 bits per heavy atom. The van der Waals surface area contributed by atoms with E-state index in [1.54, 1.807) is 25.1 Å². The molecule has 1 amide bonds. The van der Waals surface area contributed by atoms with Crippen LogP contribution in [0, 0.1) is 6.92 Å². The van der Waals surface area contributed by atoms with Crippen LogP contribution in [0.15, 0.2) is 40.6 Å². The zero-order valence-electron chi connectivity index (χ0n) is 19.3. The second-order valence-corrected chi connectivity index (χ2v) is 12.6. The van der Waals surface area contributed by atoms with Crippen LogP contribution in [0.2, 0.25) is 5.02 Å². The molecule has 0 saturated carbocycles. The van der Waals surface area contributed by atoms with Crippen LogP contribution in [0.3, 0.4) is 0 Å². The number of hydrogen-bond acceptors (Lipinski definition) is 7. The molecule has 0 saturated heterocycles. The molecule has 3 rings (SSSR count). The molecule has 35 heavy (non-hydrogen) atoms. The molecule has 0 bridgehead atoms. The van der Waals surface area contributed by atoms with E-state index in [4.69, 9.17) is 16.7 Å². The van der Waals surface area contributed by atoms with Crippen LogP contribution in [0.25, 0.3) is 0 Å². The van der Waals surface area contributed by atoms with E-state index in [0.717, 1.165) is 21.8 Å². The summed E-state index contributed by atoms with van der Waals surface area (Å²) in [4.78, 5) is 27.9. The number of carboxylic acids is 1. The van der Waals surface area contributed by atoms with E-state index in [0.29, 0.717) is 42.9 Å². The predicted octanol–water partition coefficient (Wildman–Crippen LogP) is 5.08. The van der Waals surface area contributed by atoms with Crippen LogP contribution in [0.1, 0.15) is 45.6 Å². The number of benzene rings is 1. The van der Waals surface area contributed by atoms with Crippen LogP contribution < -0.4 is 5.32 Å². The number of aromatic nitrogens is 1. The van der Waals surface area contributed by atoms with Crippen molar-refractivity contribution in [3.8, 4) is 0 Å². The Morgan fingerprint density at radius 2 is 1.83 bits per heavy atom. The van der Waals surface area contributed by atoms with E-state index in [2.05, 4.69) is 10.3 Å². The lowest BCUT2D eigenvalue weighted by Gasteiger charge is -2.21. The molecule has 0 aliphatic rings. The molecule has 0 fully saturated rings. The molecule has 188 valence electrons. The topological polar surface area (TPSA) is 117 Å². The summed E-state index contributed by atoms with van der Waals surface area (Å²) in [6.07, 6.45) is 2.36. The molecule has 0 spiro atoms. The van der Waals surface area contributed by atoms with Gasteiger partial charge in [-0.3, -0.25) is 4.79 Å². The average molecular weight is 556 g/mol. The Morgan fingerprint density at radius 3 is 2.46 bits per heavy atom. The van der Waals surface area contributed by atoms with Gasteiger partial charge in [0.1, 0.15) is 4.88 Å². The van der Waals surface area contributed by atoms with Crippen molar-refractivity contribution in [1.29, 1.82) is 0 Å². The van der Waals surface area contributed by atoms with Gasteiger partial charge in [0, 0.05) is 29.9 Å². The fraction of sp³-hybridized carbons (Fsp3) is 0.348. The highest BCUT2D eigenvalue weighted by Crippen LogP contribution is 2.30. The zero-order chi connectivity index (χ0) is 25.6. The molecule has 0 aliphatic heterocycles. The maximum absolute atomic E-state index is 13.6. The average Bonchev–Trinajstić information content (AvgIpc) is 3.39. The van der Waals surface area contributed by atoms with Crippen molar-refractivity contribution in [1.82, 2.24) is 9.29 Å². The van der Waals surface area contributed by atoms with Crippen molar-refractivity contribution in [3.63, 3.8) is 0 Å². The van der Waals surface area contributed by atoms with Gasteiger partial charge in [0.25, 0.3) is 10.0 Å². The van der Waals surface area contributed by atoms with Gasteiger partial charge in [-0.05, 0) is 62.4 Å². The first-order chi connectivity index (χ1) is 16.6. The number of aromatic carboxylic acids is 1. The Kier molecular flexibility index (Phi) is 9.42. The van der Waals surface area contributed by atoms with Crippen LogP contribution in [-0.4, -0.2) is 47.8 Å². The first kappa shape index (κ1) is 27.3. The number of rotatable bonds is 12. The monoisotopic (exact) mass is 555 g/mol. The van der Waals surface area contributed by atoms with Crippen molar-refractivity contribution in [2.24, 2.45) is 0 Å². The van der Waals surface area contributed by atoms with Gasteiger partial charge in [-0.25, -0.2) is 18.2 Å². The number of hydrogen-bond donors (Lipinski definition) is 2. The number of aryl methyl sites for hydroxylation is 3. The lowest BCUT2D eigenvalue weighted by atomic mass is 10.1. The van der Waals surface area contributed by atoms with Crippen molar-refractivity contribution in [3.05, 3.63) is 62.4 Å². The molecule has 2 aromatic heterocycles. The lowest BCUT2D eigenvalue weighted by Crippen LogP contribution is -2.33. The van der Waals surface area contributed by atoms with E-state index in [9.17, 15) is 18.0 Å². The summed E-state index contributed by atoms with van der Waals surface area (Å²) in [5, 5.41) is 12.5. The van der Waals surface area contributed by atoms with Gasteiger partial charge in [-0.1, -0.05) is 35.1 Å². The fourth-order valence-corrected chi connectivity index (χ4v) is 7.72. The summed E-state index contributed by atoms with van der Waals surface area (Å²) >= 11 is 8.20. The molecule has 0 atom stereocenters. The van der Waals surface area contributed by atoms with Crippen molar-refractivity contribution in [2.45, 2.75) is 43.7 Å². The number of sulfonamides is 1. The third-order valence-electron chi connectivity index (χ3n) is 5.08. The number of nitrogens with zero attached hydrogens (tertiary/aromatic N) is 2. The second-order valence-electron chi connectivity index (χ2n) is 7.89. The van der Waals surface area contributed by atoms with Crippen molar-refractivity contribution < 1.29 is 23.1 Å².